The van der Waals surface area contributed by atoms with Crippen molar-refractivity contribution in [2.75, 3.05) is 23.8 Å². The molecule has 0 spiro atoms. The fourth-order valence-electron chi connectivity index (χ4n) is 2.36. The van der Waals surface area contributed by atoms with E-state index in [0.717, 1.165) is 16.8 Å². The minimum absolute atomic E-state index is 0.107. The van der Waals surface area contributed by atoms with Crippen molar-refractivity contribution >= 4 is 23.0 Å². The molecule has 0 unspecified atom stereocenters. The van der Waals surface area contributed by atoms with Gasteiger partial charge in [-0.2, -0.15) is 0 Å². The van der Waals surface area contributed by atoms with E-state index >= 15 is 0 Å². The number of carbonyl (C=O) groups excluding carboxylic acids is 1. The Morgan fingerprint density at radius 1 is 1.22 bits per heavy atom. The number of anilines is 2. The van der Waals surface area contributed by atoms with Crippen molar-refractivity contribution in [2.24, 2.45) is 0 Å². The number of hydrogen-bond donors (Lipinski definition) is 1. The van der Waals surface area contributed by atoms with Crippen LogP contribution in [-0.2, 0) is 4.79 Å². The molecule has 6 heteroatoms. The number of rotatable bonds is 5. The number of likely N-dealkylation sites (N-methyl/N-ethyl adjacent to an activating group) is 1. The number of amides is 1. The van der Waals surface area contributed by atoms with Gasteiger partial charge in [-0.15, -0.1) is 0 Å². The molecule has 0 aliphatic rings. The number of benzene rings is 2. The van der Waals surface area contributed by atoms with Crippen LogP contribution in [0.5, 0.6) is 0 Å². The summed E-state index contributed by atoms with van der Waals surface area (Å²) < 4.78 is 0. The third kappa shape index (κ3) is 4.06. The molecule has 1 amide bonds. The van der Waals surface area contributed by atoms with E-state index in [2.05, 4.69) is 5.32 Å². The second kappa shape index (κ2) is 6.91. The summed E-state index contributed by atoms with van der Waals surface area (Å²) in [6, 6.07) is 12.1. The molecule has 120 valence electrons. The van der Waals surface area contributed by atoms with Gasteiger partial charge in [0.05, 0.1) is 11.5 Å². The first-order valence-corrected chi connectivity index (χ1v) is 7.20. The molecule has 0 bridgehead atoms. The van der Waals surface area contributed by atoms with Crippen molar-refractivity contribution in [1.29, 1.82) is 0 Å². The molecule has 0 heterocycles. The standard InChI is InChI=1S/C17H19N3O3/c1-12-8-9-13(2)16(10-12)19(3)11-17(21)18-14-6-4-5-7-15(14)20(22)23/h4-10H,11H2,1-3H3,(H,18,21). The average molecular weight is 313 g/mol. The van der Waals surface area contributed by atoms with Gasteiger partial charge in [0.1, 0.15) is 5.69 Å². The molecule has 0 radical (unpaired) electrons. The van der Waals surface area contributed by atoms with E-state index in [0.29, 0.717) is 0 Å². The third-order valence-corrected chi connectivity index (χ3v) is 3.53. The highest BCUT2D eigenvalue weighted by Crippen LogP contribution is 2.24. The largest absolute Gasteiger partial charge is 0.365 e. The first kappa shape index (κ1) is 16.5. The lowest BCUT2D eigenvalue weighted by molar-refractivity contribution is -0.383. The average Bonchev–Trinajstić information content (AvgIpc) is 2.49. The Hall–Kier alpha value is -2.89. The lowest BCUT2D eigenvalue weighted by Crippen LogP contribution is -2.30. The van der Waals surface area contributed by atoms with Crippen LogP contribution in [0.15, 0.2) is 42.5 Å². The lowest BCUT2D eigenvalue weighted by Gasteiger charge is -2.21. The van der Waals surface area contributed by atoms with E-state index in [4.69, 9.17) is 0 Å². The van der Waals surface area contributed by atoms with Crippen molar-refractivity contribution < 1.29 is 9.72 Å². The Kier molecular flexibility index (Phi) is 4.95. The molecule has 2 rings (SSSR count). The number of nitro groups is 1. The molecule has 0 aromatic heterocycles. The van der Waals surface area contributed by atoms with Crippen LogP contribution in [0.2, 0.25) is 0 Å². The van der Waals surface area contributed by atoms with E-state index in [1.165, 1.54) is 12.1 Å². The molecule has 0 saturated heterocycles. The van der Waals surface area contributed by atoms with Crippen LogP contribution < -0.4 is 10.2 Å². The highest BCUT2D eigenvalue weighted by atomic mass is 16.6. The van der Waals surface area contributed by atoms with Crippen LogP contribution in [0.4, 0.5) is 17.1 Å². The van der Waals surface area contributed by atoms with Gasteiger partial charge in [0.25, 0.3) is 5.69 Å². The summed E-state index contributed by atoms with van der Waals surface area (Å²) in [5.41, 5.74) is 3.22. The molecule has 0 saturated carbocycles. The first-order chi connectivity index (χ1) is 10.9. The van der Waals surface area contributed by atoms with Crippen LogP contribution in [0.1, 0.15) is 11.1 Å². The predicted octanol–water partition coefficient (Wildman–Crippen LogP) is 3.29. The van der Waals surface area contributed by atoms with Crippen LogP contribution in [0.3, 0.4) is 0 Å². The molecule has 6 nitrogen and oxygen atoms in total. The summed E-state index contributed by atoms with van der Waals surface area (Å²) >= 11 is 0. The quantitative estimate of drug-likeness (QED) is 0.679. The van der Waals surface area contributed by atoms with Crippen molar-refractivity contribution in [1.82, 2.24) is 0 Å². The van der Waals surface area contributed by atoms with Gasteiger partial charge < -0.3 is 10.2 Å². The number of nitro benzene ring substituents is 1. The van der Waals surface area contributed by atoms with E-state index in [1.54, 1.807) is 12.1 Å². The highest BCUT2D eigenvalue weighted by molar-refractivity contribution is 5.96. The van der Waals surface area contributed by atoms with Gasteiger partial charge in [-0.05, 0) is 37.1 Å². The van der Waals surface area contributed by atoms with Crippen LogP contribution in [-0.4, -0.2) is 24.4 Å². The normalized spacial score (nSPS) is 10.2. The second-order valence-electron chi connectivity index (χ2n) is 5.47. The van der Waals surface area contributed by atoms with Crippen molar-refractivity contribution in [3.63, 3.8) is 0 Å². The number of para-hydroxylation sites is 2. The zero-order valence-corrected chi connectivity index (χ0v) is 13.4. The minimum Gasteiger partial charge on any atom is -0.365 e. The van der Waals surface area contributed by atoms with E-state index in [9.17, 15) is 14.9 Å². The molecule has 0 atom stereocenters. The van der Waals surface area contributed by atoms with E-state index in [1.807, 2.05) is 44.0 Å². The van der Waals surface area contributed by atoms with Gasteiger partial charge in [-0.3, -0.25) is 14.9 Å². The third-order valence-electron chi connectivity index (χ3n) is 3.53. The first-order valence-electron chi connectivity index (χ1n) is 7.20. The van der Waals surface area contributed by atoms with Crippen molar-refractivity contribution in [3.8, 4) is 0 Å². The Balaban J connectivity index is 2.11. The van der Waals surface area contributed by atoms with Gasteiger partial charge in [-0.25, -0.2) is 0 Å². The van der Waals surface area contributed by atoms with Crippen molar-refractivity contribution in [2.45, 2.75) is 13.8 Å². The molecular weight excluding hydrogens is 294 g/mol. The Morgan fingerprint density at radius 3 is 2.61 bits per heavy atom. The van der Waals surface area contributed by atoms with Gasteiger partial charge in [0, 0.05) is 18.8 Å². The molecular formula is C17H19N3O3. The van der Waals surface area contributed by atoms with Crippen LogP contribution in [0.25, 0.3) is 0 Å². The van der Waals surface area contributed by atoms with Crippen molar-refractivity contribution in [3.05, 3.63) is 63.7 Å². The number of aryl methyl sites for hydroxylation is 2. The number of carbonyl (C=O) groups is 1. The predicted molar refractivity (Wildman–Crippen MR) is 90.9 cm³/mol. The van der Waals surface area contributed by atoms with Gasteiger partial charge in [0.2, 0.25) is 5.91 Å². The zero-order chi connectivity index (χ0) is 17.0. The topological polar surface area (TPSA) is 75.5 Å². The molecule has 0 aliphatic carbocycles. The molecule has 1 N–H and O–H groups in total. The Bertz CT molecular complexity index is 744. The van der Waals surface area contributed by atoms with E-state index in [-0.39, 0.29) is 23.8 Å². The van der Waals surface area contributed by atoms with Gasteiger partial charge in [0.15, 0.2) is 0 Å². The molecule has 2 aromatic carbocycles. The molecule has 0 aliphatic heterocycles. The van der Waals surface area contributed by atoms with Gasteiger partial charge >= 0.3 is 0 Å². The number of nitrogens with one attached hydrogen (secondary N) is 1. The maximum atomic E-state index is 12.2. The summed E-state index contributed by atoms with van der Waals surface area (Å²) in [6.45, 7) is 4.08. The molecule has 23 heavy (non-hydrogen) atoms. The zero-order valence-electron chi connectivity index (χ0n) is 13.4. The van der Waals surface area contributed by atoms with E-state index < -0.39 is 4.92 Å². The number of hydrogen-bond acceptors (Lipinski definition) is 4. The lowest BCUT2D eigenvalue weighted by atomic mass is 10.1. The molecule has 2 aromatic rings. The Morgan fingerprint density at radius 2 is 1.91 bits per heavy atom. The fourth-order valence-corrected chi connectivity index (χ4v) is 2.36. The fraction of sp³-hybridized carbons (Fsp3) is 0.235. The smallest absolute Gasteiger partial charge is 0.292 e. The molecule has 0 fully saturated rings. The summed E-state index contributed by atoms with van der Waals surface area (Å²) in [4.78, 5) is 24.5. The van der Waals surface area contributed by atoms with Crippen LogP contribution >= 0.6 is 0 Å². The maximum Gasteiger partial charge on any atom is 0.292 e. The second-order valence-corrected chi connectivity index (χ2v) is 5.47. The van der Waals surface area contributed by atoms with Crippen LogP contribution in [0, 0.1) is 24.0 Å². The Labute approximate surface area is 134 Å². The monoisotopic (exact) mass is 313 g/mol. The SMILES string of the molecule is Cc1ccc(C)c(N(C)CC(=O)Nc2ccccc2[N+](=O)[O-])c1. The summed E-state index contributed by atoms with van der Waals surface area (Å²) in [5.74, 6) is -0.303. The van der Waals surface area contributed by atoms with Gasteiger partial charge in [-0.1, -0.05) is 24.3 Å². The maximum absolute atomic E-state index is 12.2. The number of nitrogens with zero attached hydrogens (tertiary/aromatic N) is 2. The minimum atomic E-state index is -0.510. The summed E-state index contributed by atoms with van der Waals surface area (Å²) in [5, 5.41) is 13.6. The highest BCUT2D eigenvalue weighted by Gasteiger charge is 2.16. The summed E-state index contributed by atoms with van der Waals surface area (Å²) in [7, 11) is 1.82. The summed E-state index contributed by atoms with van der Waals surface area (Å²) in [6.07, 6.45) is 0.